The van der Waals surface area contributed by atoms with E-state index in [1.54, 1.807) is 0 Å². The summed E-state index contributed by atoms with van der Waals surface area (Å²) in [5.74, 6) is -2.00. The Balaban J connectivity index is 3.28. The molecule has 0 radical (unpaired) electrons. The van der Waals surface area contributed by atoms with Crippen molar-refractivity contribution in [1.82, 2.24) is 0 Å². The van der Waals surface area contributed by atoms with Crippen LogP contribution in [0.5, 0.6) is 0 Å². The van der Waals surface area contributed by atoms with Gasteiger partial charge in [-0.25, -0.2) is 17.6 Å². The van der Waals surface area contributed by atoms with Crippen LogP contribution in [0, 0.1) is 0 Å². The zero-order chi connectivity index (χ0) is 12.3. The lowest BCUT2D eigenvalue weighted by molar-refractivity contribution is 0.0697. The number of carboxylic acid groups (broad SMARTS) is 1. The van der Waals surface area contributed by atoms with Gasteiger partial charge in [0.15, 0.2) is 9.84 Å². The van der Waals surface area contributed by atoms with Crippen molar-refractivity contribution in [3.05, 3.63) is 28.8 Å². The first-order valence-corrected chi connectivity index (χ1v) is 6.23. The van der Waals surface area contributed by atoms with E-state index >= 15 is 0 Å². The van der Waals surface area contributed by atoms with Gasteiger partial charge >= 0.3 is 5.97 Å². The lowest BCUT2D eigenvalue weighted by Gasteiger charge is -2.04. The third-order valence-electron chi connectivity index (χ3n) is 1.87. The normalized spacial score (nSPS) is 11.4. The van der Waals surface area contributed by atoms with Crippen LogP contribution in [0.25, 0.3) is 0 Å². The Hall–Kier alpha value is -1.14. The Kier molecular flexibility index (Phi) is 3.88. The van der Waals surface area contributed by atoms with Crippen LogP contribution in [-0.2, 0) is 9.84 Å². The van der Waals surface area contributed by atoms with Gasteiger partial charge in [-0.1, -0.05) is 11.6 Å². The van der Waals surface area contributed by atoms with Crippen LogP contribution in [0.1, 0.15) is 10.4 Å². The van der Waals surface area contributed by atoms with E-state index in [9.17, 15) is 17.6 Å². The maximum absolute atomic E-state index is 12.0. The summed E-state index contributed by atoms with van der Waals surface area (Å²) < 4.78 is 34.9. The maximum atomic E-state index is 12.0. The van der Waals surface area contributed by atoms with Gasteiger partial charge in [0, 0.05) is 0 Å². The highest BCUT2D eigenvalue weighted by Gasteiger charge is 2.18. The fourth-order valence-electron chi connectivity index (χ4n) is 1.08. The summed E-state index contributed by atoms with van der Waals surface area (Å²) in [5.41, 5.74) is -0.318. The van der Waals surface area contributed by atoms with E-state index in [4.69, 9.17) is 16.7 Å². The molecule has 0 fully saturated rings. The van der Waals surface area contributed by atoms with Crippen molar-refractivity contribution in [3.8, 4) is 0 Å². The van der Waals surface area contributed by atoms with Gasteiger partial charge in [0.2, 0.25) is 0 Å². The highest BCUT2D eigenvalue weighted by molar-refractivity contribution is 7.91. The third kappa shape index (κ3) is 2.70. The van der Waals surface area contributed by atoms with Gasteiger partial charge in [-0.15, -0.1) is 0 Å². The number of hydrogen-bond donors (Lipinski definition) is 1. The molecule has 0 atom stereocenters. The molecule has 0 saturated heterocycles. The quantitative estimate of drug-likeness (QED) is 0.902. The highest BCUT2D eigenvalue weighted by Crippen LogP contribution is 2.21. The molecule has 1 aromatic carbocycles. The first-order chi connectivity index (χ1) is 7.38. The Morgan fingerprint density at radius 1 is 1.44 bits per heavy atom. The lowest BCUT2D eigenvalue weighted by Crippen LogP contribution is -2.09. The summed E-state index contributed by atoms with van der Waals surface area (Å²) in [5, 5.41) is 8.67. The second-order valence-electron chi connectivity index (χ2n) is 2.95. The Labute approximate surface area is 96.6 Å². The number of rotatable bonds is 4. The fraction of sp³-hybridized carbons (Fsp3) is 0.222. The molecule has 0 bridgehead atoms. The molecule has 88 valence electrons. The molecule has 1 aromatic rings. The van der Waals surface area contributed by atoms with Crippen LogP contribution in [0.2, 0.25) is 5.02 Å². The standard InChI is InChI=1S/C9H8ClFO4S/c10-8-2-1-6(5-7(8)9(12)13)16(14,15)4-3-11/h1-2,5H,3-4H2,(H,12,13). The first-order valence-electron chi connectivity index (χ1n) is 4.20. The number of carboxylic acids is 1. The van der Waals surface area contributed by atoms with Gasteiger partial charge in [-0.05, 0) is 18.2 Å². The number of halogens is 2. The summed E-state index contributed by atoms with van der Waals surface area (Å²) in [6.45, 7) is -1.02. The van der Waals surface area contributed by atoms with Gasteiger partial charge in [0.25, 0.3) is 0 Å². The number of benzene rings is 1. The predicted octanol–water partition coefficient (Wildman–Crippen LogP) is 1.78. The fourth-order valence-corrected chi connectivity index (χ4v) is 2.29. The van der Waals surface area contributed by atoms with E-state index in [0.717, 1.165) is 18.2 Å². The average Bonchev–Trinajstić information content (AvgIpc) is 2.17. The lowest BCUT2D eigenvalue weighted by atomic mass is 10.2. The van der Waals surface area contributed by atoms with Crippen molar-refractivity contribution in [2.45, 2.75) is 4.90 Å². The smallest absolute Gasteiger partial charge is 0.337 e. The van der Waals surface area contributed by atoms with E-state index < -0.39 is 28.2 Å². The van der Waals surface area contributed by atoms with E-state index in [2.05, 4.69) is 0 Å². The number of sulfone groups is 1. The largest absolute Gasteiger partial charge is 0.478 e. The number of aromatic carboxylic acids is 1. The predicted molar refractivity (Wildman–Crippen MR) is 56.4 cm³/mol. The van der Waals surface area contributed by atoms with Crippen LogP contribution in [0.4, 0.5) is 4.39 Å². The molecule has 4 nitrogen and oxygen atoms in total. The summed E-state index contributed by atoms with van der Waals surface area (Å²) in [6.07, 6.45) is 0. The summed E-state index contributed by atoms with van der Waals surface area (Å²) >= 11 is 5.57. The van der Waals surface area contributed by atoms with Crippen molar-refractivity contribution in [3.63, 3.8) is 0 Å². The van der Waals surface area contributed by atoms with E-state index in [-0.39, 0.29) is 15.5 Å². The first kappa shape index (κ1) is 12.9. The van der Waals surface area contributed by atoms with Crippen molar-refractivity contribution >= 4 is 27.4 Å². The second-order valence-corrected chi connectivity index (χ2v) is 5.47. The van der Waals surface area contributed by atoms with E-state index in [1.165, 1.54) is 0 Å². The molecule has 1 N–H and O–H groups in total. The molecule has 16 heavy (non-hydrogen) atoms. The zero-order valence-electron chi connectivity index (χ0n) is 7.98. The third-order valence-corrected chi connectivity index (χ3v) is 3.87. The van der Waals surface area contributed by atoms with Gasteiger partial charge in [-0.2, -0.15) is 0 Å². The minimum atomic E-state index is -3.78. The molecule has 0 heterocycles. The molecule has 0 aromatic heterocycles. The molecule has 0 unspecified atom stereocenters. The minimum Gasteiger partial charge on any atom is -0.478 e. The topological polar surface area (TPSA) is 71.4 Å². The summed E-state index contributed by atoms with van der Waals surface area (Å²) in [4.78, 5) is 10.5. The molecule has 1 rings (SSSR count). The van der Waals surface area contributed by atoms with Crippen LogP contribution in [0.3, 0.4) is 0 Å². The maximum Gasteiger partial charge on any atom is 0.337 e. The van der Waals surface area contributed by atoms with Crippen LogP contribution >= 0.6 is 11.6 Å². The minimum absolute atomic E-state index is 0.0632. The molecule has 0 aliphatic carbocycles. The van der Waals surface area contributed by atoms with Crippen LogP contribution in [0.15, 0.2) is 23.1 Å². The van der Waals surface area contributed by atoms with E-state index in [0.29, 0.717) is 0 Å². The van der Waals surface area contributed by atoms with Crippen LogP contribution < -0.4 is 0 Å². The molecular weight excluding hydrogens is 259 g/mol. The SMILES string of the molecule is O=C(O)c1cc(S(=O)(=O)CCF)ccc1Cl. The van der Waals surface area contributed by atoms with Crippen LogP contribution in [-0.4, -0.2) is 31.9 Å². The highest BCUT2D eigenvalue weighted by atomic mass is 35.5. The zero-order valence-corrected chi connectivity index (χ0v) is 9.55. The van der Waals surface area contributed by atoms with Gasteiger partial charge in [0.1, 0.15) is 6.67 Å². The Morgan fingerprint density at radius 3 is 2.56 bits per heavy atom. The summed E-state index contributed by atoms with van der Waals surface area (Å²) in [7, 11) is -3.78. The number of carbonyl (C=O) groups is 1. The van der Waals surface area contributed by atoms with Crippen molar-refractivity contribution in [2.24, 2.45) is 0 Å². The van der Waals surface area contributed by atoms with E-state index in [1.807, 2.05) is 0 Å². The molecule has 0 amide bonds. The molecule has 7 heteroatoms. The average molecular weight is 267 g/mol. The van der Waals surface area contributed by atoms with Gasteiger partial charge < -0.3 is 5.11 Å². The number of alkyl halides is 1. The summed E-state index contributed by atoms with van der Waals surface area (Å²) in [6, 6.07) is 3.24. The van der Waals surface area contributed by atoms with Crippen molar-refractivity contribution < 1.29 is 22.7 Å². The Morgan fingerprint density at radius 2 is 2.06 bits per heavy atom. The molecular formula is C9H8ClFO4S. The van der Waals surface area contributed by atoms with Gasteiger partial charge in [0.05, 0.1) is 21.2 Å². The Bertz CT molecular complexity index is 512. The van der Waals surface area contributed by atoms with Gasteiger partial charge in [-0.3, -0.25) is 0 Å². The van der Waals surface area contributed by atoms with Crippen molar-refractivity contribution in [2.75, 3.05) is 12.4 Å². The molecule has 0 saturated carbocycles. The molecule has 0 aliphatic heterocycles. The number of hydrogen-bond acceptors (Lipinski definition) is 3. The molecule has 0 aliphatic rings. The molecule has 0 spiro atoms. The van der Waals surface area contributed by atoms with Crippen molar-refractivity contribution in [1.29, 1.82) is 0 Å². The second kappa shape index (κ2) is 4.80. The monoisotopic (exact) mass is 266 g/mol.